The van der Waals surface area contributed by atoms with Gasteiger partial charge >= 0.3 is 37.7 Å². The van der Waals surface area contributed by atoms with Gasteiger partial charge in [-0.05, 0) is 19.7 Å². The van der Waals surface area contributed by atoms with Crippen molar-refractivity contribution >= 4 is 80.7 Å². The van der Waals surface area contributed by atoms with Crippen LogP contribution in [0, 0.1) is 0 Å². The van der Waals surface area contributed by atoms with Gasteiger partial charge in [0.05, 0.1) is 0 Å². The van der Waals surface area contributed by atoms with Crippen LogP contribution < -0.4 is 0 Å². The molecule has 0 aliphatic rings. The van der Waals surface area contributed by atoms with Crippen LogP contribution in [0.3, 0.4) is 0 Å². The summed E-state index contributed by atoms with van der Waals surface area (Å²) in [6, 6.07) is 0. The summed E-state index contributed by atoms with van der Waals surface area (Å²) in [5.41, 5.74) is 0. The normalized spacial score (nSPS) is 6.00. The van der Waals surface area contributed by atoms with Crippen molar-refractivity contribution in [1.82, 2.24) is 0 Å². The van der Waals surface area contributed by atoms with Crippen LogP contribution in [0.5, 0.6) is 0 Å². The molecule has 0 aromatic heterocycles. The Hall–Kier alpha value is 2.66. The van der Waals surface area contributed by atoms with Gasteiger partial charge in [-0.1, -0.05) is 23.3 Å². The topological polar surface area (TPSA) is 0 Å². The molecular weight excluding hydrogens is 168 g/mol. The second-order valence-electron chi connectivity index (χ2n) is 0.149. The molecule has 5 heavy (non-hydrogen) atoms. The Morgan fingerprint density at radius 1 is 1.00 bits per heavy atom. The molecule has 0 saturated heterocycles. The van der Waals surface area contributed by atoms with Gasteiger partial charge < -0.3 is 0 Å². The molecule has 0 aliphatic carbocycles. The van der Waals surface area contributed by atoms with Crippen LogP contribution in [0.1, 0.15) is 0 Å². The van der Waals surface area contributed by atoms with Crippen molar-refractivity contribution in [1.29, 1.82) is 0 Å². The van der Waals surface area contributed by atoms with Crippen LogP contribution in [0.15, 0.2) is 0 Å². The number of hydrogen-bond donors (Lipinski definition) is 2. The van der Waals surface area contributed by atoms with E-state index in [0.29, 0.717) is 0 Å². The molecule has 0 spiro atoms. The summed E-state index contributed by atoms with van der Waals surface area (Å²) >= 11 is 7.45. The van der Waals surface area contributed by atoms with Crippen LogP contribution in [0.4, 0.5) is 0 Å². The second-order valence-corrected chi connectivity index (χ2v) is 4.02. The minimum atomic E-state index is 0. The van der Waals surface area contributed by atoms with Crippen molar-refractivity contribution in [2.24, 2.45) is 0 Å². The molecule has 0 aromatic rings. The standard InChI is InChI=1S/Ca.H2S4.2H/c;1-3-4-2;;/h;1-2H;;. The summed E-state index contributed by atoms with van der Waals surface area (Å²) in [5.74, 6) is 0. The van der Waals surface area contributed by atoms with E-state index in [9.17, 15) is 0 Å². The maximum atomic E-state index is 3.72. The monoisotopic (exact) mass is 172 g/mol. The third kappa shape index (κ3) is 10.8. The summed E-state index contributed by atoms with van der Waals surface area (Å²) in [5, 5.41) is 0. The van der Waals surface area contributed by atoms with Crippen molar-refractivity contribution in [3.05, 3.63) is 0 Å². The summed E-state index contributed by atoms with van der Waals surface area (Å²) in [6.07, 6.45) is 0. The Bertz CT molecular complexity index is 5.61. The summed E-state index contributed by atoms with van der Waals surface area (Å²) in [4.78, 5) is 0. The summed E-state index contributed by atoms with van der Waals surface area (Å²) < 4.78 is 0. The molecule has 0 aromatic carbocycles. The zero-order valence-corrected chi connectivity index (χ0v) is 5.13. The van der Waals surface area contributed by atoms with E-state index >= 15 is 0 Å². The van der Waals surface area contributed by atoms with Crippen LogP contribution in [0.2, 0.25) is 0 Å². The van der Waals surface area contributed by atoms with Gasteiger partial charge in [-0.2, -0.15) is 0 Å². The predicted octanol–water partition coefficient (Wildman–Crippen LogP) is 1.14. The maximum absolute atomic E-state index is 3.72. The van der Waals surface area contributed by atoms with Crippen molar-refractivity contribution < 1.29 is 0 Å². The van der Waals surface area contributed by atoms with E-state index in [4.69, 9.17) is 0 Å². The van der Waals surface area contributed by atoms with E-state index in [2.05, 4.69) is 23.3 Å². The quantitative estimate of drug-likeness (QED) is 0.346. The van der Waals surface area contributed by atoms with Gasteiger partial charge in [0.1, 0.15) is 0 Å². The first kappa shape index (κ1) is 10.6. The third-order valence-electron chi connectivity index (χ3n) is 0.0333. The fourth-order valence-corrected chi connectivity index (χ4v) is 0. The van der Waals surface area contributed by atoms with E-state index in [-0.39, 0.29) is 37.7 Å². The van der Waals surface area contributed by atoms with E-state index in [1.54, 1.807) is 0 Å². The Morgan fingerprint density at radius 3 is 1.20 bits per heavy atom. The van der Waals surface area contributed by atoms with Crippen LogP contribution in [-0.2, 0) is 0 Å². The average Bonchev–Trinajstić information content (AvgIpc) is 1.37. The fourth-order valence-electron chi connectivity index (χ4n) is 0. The molecule has 5 heteroatoms. The SMILES string of the molecule is SSSS.[CaH2]. The van der Waals surface area contributed by atoms with Gasteiger partial charge in [-0.3, -0.25) is 0 Å². The first-order valence-electron chi connectivity index (χ1n) is 0.532. The van der Waals surface area contributed by atoms with Gasteiger partial charge in [-0.15, -0.1) is 0 Å². The van der Waals surface area contributed by atoms with Gasteiger partial charge in [0.25, 0.3) is 0 Å². The van der Waals surface area contributed by atoms with Crippen LogP contribution in [0.25, 0.3) is 0 Å². The molecule has 0 amide bonds. The van der Waals surface area contributed by atoms with E-state index in [1.807, 2.05) is 0 Å². The van der Waals surface area contributed by atoms with Gasteiger partial charge in [0, 0.05) is 0 Å². The van der Waals surface area contributed by atoms with Crippen molar-refractivity contribution in [2.45, 2.75) is 0 Å². The molecule has 0 unspecified atom stereocenters. The van der Waals surface area contributed by atoms with Gasteiger partial charge in [-0.25, -0.2) is 0 Å². The molecule has 0 nitrogen and oxygen atoms in total. The van der Waals surface area contributed by atoms with Gasteiger partial charge in [0.2, 0.25) is 0 Å². The van der Waals surface area contributed by atoms with E-state index in [1.165, 1.54) is 19.7 Å². The molecule has 0 aliphatic heterocycles. The second kappa shape index (κ2) is 9.82. The first-order valence-corrected chi connectivity index (χ1v) is 4.79. The zero-order valence-electron chi connectivity index (χ0n) is 1.71. The summed E-state index contributed by atoms with van der Waals surface area (Å²) in [7, 11) is 2.66. The molecule has 0 saturated carbocycles. The van der Waals surface area contributed by atoms with E-state index < -0.39 is 0 Å². The molecule has 0 N–H and O–H groups in total. The third-order valence-corrected chi connectivity index (χ3v) is 2.70. The first-order chi connectivity index (χ1) is 1.91. The average molecular weight is 172 g/mol. The molecule has 0 rings (SSSR count). The Balaban J connectivity index is 0. The zero-order chi connectivity index (χ0) is 3.41. The molecule has 30 valence electrons. The van der Waals surface area contributed by atoms with Gasteiger partial charge in [0.15, 0.2) is 0 Å². The molecule has 0 atom stereocenters. The molecule has 0 radical (unpaired) electrons. The van der Waals surface area contributed by atoms with Crippen LogP contribution >= 0.6 is 43.0 Å². The van der Waals surface area contributed by atoms with Crippen molar-refractivity contribution in [2.75, 3.05) is 0 Å². The number of thiol groups is 2. The molecule has 0 bridgehead atoms. The van der Waals surface area contributed by atoms with E-state index in [0.717, 1.165) is 0 Å². The minimum absolute atomic E-state index is 0. The van der Waals surface area contributed by atoms with Crippen molar-refractivity contribution in [3.8, 4) is 0 Å². The predicted molar refractivity (Wildman–Crippen MR) is 41.7 cm³/mol. The molecular formula is H4CaS4. The number of rotatable bonds is 1. The summed E-state index contributed by atoms with van der Waals surface area (Å²) in [6.45, 7) is 0. The Kier molecular flexibility index (Phi) is 20.8. The molecule has 0 heterocycles. The Morgan fingerprint density at radius 2 is 1.20 bits per heavy atom. The van der Waals surface area contributed by atoms with Crippen LogP contribution in [-0.4, -0.2) is 37.7 Å². The number of hydrogen-bond acceptors (Lipinski definition) is 4. The molecule has 0 fully saturated rings. The Labute approximate surface area is 79.2 Å². The fraction of sp³-hybridized carbons (Fsp3) is 0. The van der Waals surface area contributed by atoms with Crippen molar-refractivity contribution in [3.63, 3.8) is 0 Å².